The fraction of sp³-hybridized carbons (Fsp3) is 0.625. The number of ether oxygens (including phenoxy) is 1. The summed E-state index contributed by atoms with van der Waals surface area (Å²) in [5.41, 5.74) is 0. The quantitative estimate of drug-likeness (QED) is 0.585. The Kier molecular flexibility index (Phi) is 3.25. The number of aliphatic carboxylic acids is 1. The monoisotopic (exact) mass is 171 g/mol. The minimum absolute atomic E-state index is 0.0177. The molecule has 0 spiro atoms. The van der Waals surface area contributed by atoms with Crippen molar-refractivity contribution in [1.29, 1.82) is 0 Å². The summed E-state index contributed by atoms with van der Waals surface area (Å²) in [5.74, 6) is -0.806. The van der Waals surface area contributed by atoms with Crippen LogP contribution in [0.5, 0.6) is 0 Å². The molecule has 1 aliphatic rings. The lowest BCUT2D eigenvalue weighted by molar-refractivity contribution is -0.139. The van der Waals surface area contributed by atoms with Crippen molar-refractivity contribution in [1.82, 2.24) is 5.32 Å². The van der Waals surface area contributed by atoms with Crippen LogP contribution in [0.1, 0.15) is 6.42 Å². The van der Waals surface area contributed by atoms with Crippen molar-refractivity contribution < 1.29 is 14.6 Å². The van der Waals surface area contributed by atoms with Gasteiger partial charge in [-0.3, -0.25) is 4.79 Å². The number of carboxylic acid groups (broad SMARTS) is 1. The Balaban J connectivity index is 2.25. The van der Waals surface area contributed by atoms with Crippen LogP contribution in [0.4, 0.5) is 0 Å². The van der Waals surface area contributed by atoms with Gasteiger partial charge in [0.15, 0.2) is 0 Å². The standard InChI is InChI=1S/C8H13NO3/c1-2-3-12-6-4-7(8(10)11)9-5-6/h2,6-7,9H,1,3-5H2,(H,10,11)/t6?,7-/m0/s1. The smallest absolute Gasteiger partial charge is 0.320 e. The maximum atomic E-state index is 10.5. The summed E-state index contributed by atoms with van der Waals surface area (Å²) in [4.78, 5) is 10.5. The molecule has 1 rings (SSSR count). The van der Waals surface area contributed by atoms with Crippen LogP contribution in [0.25, 0.3) is 0 Å². The van der Waals surface area contributed by atoms with Gasteiger partial charge in [0.25, 0.3) is 0 Å². The molecule has 1 fully saturated rings. The molecule has 0 amide bonds. The van der Waals surface area contributed by atoms with E-state index in [2.05, 4.69) is 11.9 Å². The predicted octanol–water partition coefficient (Wildman–Crippen LogP) is 0.00410. The zero-order valence-electron chi connectivity index (χ0n) is 6.82. The lowest BCUT2D eigenvalue weighted by atomic mass is 10.2. The average molecular weight is 171 g/mol. The van der Waals surface area contributed by atoms with Crippen LogP contribution in [0.3, 0.4) is 0 Å². The van der Waals surface area contributed by atoms with Crippen molar-refractivity contribution in [2.45, 2.75) is 18.6 Å². The highest BCUT2D eigenvalue weighted by molar-refractivity contribution is 5.73. The van der Waals surface area contributed by atoms with Crippen LogP contribution in [-0.4, -0.2) is 36.4 Å². The summed E-state index contributed by atoms with van der Waals surface area (Å²) in [5, 5.41) is 11.5. The largest absolute Gasteiger partial charge is 0.480 e. The van der Waals surface area contributed by atoms with Crippen LogP contribution < -0.4 is 5.32 Å². The van der Waals surface area contributed by atoms with Gasteiger partial charge in [0.2, 0.25) is 0 Å². The molecule has 0 aliphatic carbocycles. The molecule has 1 aliphatic heterocycles. The minimum atomic E-state index is -0.806. The topological polar surface area (TPSA) is 58.6 Å². The molecule has 0 aromatic heterocycles. The number of carbonyl (C=O) groups is 1. The second kappa shape index (κ2) is 4.23. The van der Waals surface area contributed by atoms with Gasteiger partial charge in [-0.2, -0.15) is 0 Å². The minimum Gasteiger partial charge on any atom is -0.480 e. The summed E-state index contributed by atoms with van der Waals surface area (Å²) in [6.07, 6.45) is 2.22. The molecule has 0 bridgehead atoms. The Morgan fingerprint density at radius 3 is 3.08 bits per heavy atom. The van der Waals surface area contributed by atoms with Crippen LogP contribution in [0.2, 0.25) is 0 Å². The molecular weight excluding hydrogens is 158 g/mol. The van der Waals surface area contributed by atoms with E-state index in [0.717, 1.165) is 0 Å². The molecule has 4 nitrogen and oxygen atoms in total. The third kappa shape index (κ3) is 2.32. The molecule has 0 radical (unpaired) electrons. The van der Waals surface area contributed by atoms with Crippen molar-refractivity contribution in [3.8, 4) is 0 Å². The Morgan fingerprint density at radius 2 is 2.58 bits per heavy atom. The summed E-state index contributed by atoms with van der Waals surface area (Å²) in [6.45, 7) is 4.61. The highest BCUT2D eigenvalue weighted by atomic mass is 16.5. The van der Waals surface area contributed by atoms with E-state index in [9.17, 15) is 4.79 Å². The van der Waals surface area contributed by atoms with E-state index in [4.69, 9.17) is 9.84 Å². The Bertz CT molecular complexity index is 181. The number of rotatable bonds is 4. The zero-order valence-corrected chi connectivity index (χ0v) is 6.82. The normalized spacial score (nSPS) is 28.7. The van der Waals surface area contributed by atoms with Gasteiger partial charge >= 0.3 is 5.97 Å². The first-order valence-electron chi connectivity index (χ1n) is 3.92. The molecule has 68 valence electrons. The number of hydrogen-bond donors (Lipinski definition) is 2. The maximum absolute atomic E-state index is 10.5. The lowest BCUT2D eigenvalue weighted by Crippen LogP contribution is -2.29. The number of hydrogen-bond acceptors (Lipinski definition) is 3. The summed E-state index contributed by atoms with van der Waals surface area (Å²) in [7, 11) is 0. The van der Waals surface area contributed by atoms with Crippen molar-refractivity contribution in [2.24, 2.45) is 0 Å². The van der Waals surface area contributed by atoms with Gasteiger partial charge in [0.1, 0.15) is 6.04 Å². The van der Waals surface area contributed by atoms with Gasteiger partial charge in [-0.05, 0) is 0 Å². The van der Waals surface area contributed by atoms with Gasteiger partial charge in [0.05, 0.1) is 12.7 Å². The molecule has 0 aromatic carbocycles. The molecule has 1 saturated heterocycles. The second-order valence-corrected chi connectivity index (χ2v) is 2.78. The Labute approximate surface area is 71.2 Å². The van der Waals surface area contributed by atoms with Crippen molar-refractivity contribution in [3.05, 3.63) is 12.7 Å². The SMILES string of the molecule is C=CCOC1CN[C@H](C(=O)O)C1. The lowest BCUT2D eigenvalue weighted by Gasteiger charge is -2.07. The molecule has 2 N–H and O–H groups in total. The molecular formula is C8H13NO3. The zero-order chi connectivity index (χ0) is 8.97. The van der Waals surface area contributed by atoms with Crippen molar-refractivity contribution in [3.63, 3.8) is 0 Å². The van der Waals surface area contributed by atoms with Crippen LogP contribution in [0, 0.1) is 0 Å². The second-order valence-electron chi connectivity index (χ2n) is 2.78. The third-order valence-corrected chi connectivity index (χ3v) is 1.84. The van der Waals surface area contributed by atoms with E-state index < -0.39 is 12.0 Å². The Hall–Kier alpha value is -0.870. The molecule has 4 heteroatoms. The first kappa shape index (κ1) is 9.22. The third-order valence-electron chi connectivity index (χ3n) is 1.84. The Morgan fingerprint density at radius 1 is 1.83 bits per heavy atom. The molecule has 1 unspecified atom stereocenters. The van der Waals surface area contributed by atoms with Crippen LogP contribution in [0.15, 0.2) is 12.7 Å². The van der Waals surface area contributed by atoms with Gasteiger partial charge in [-0.25, -0.2) is 0 Å². The van der Waals surface area contributed by atoms with E-state index in [1.54, 1.807) is 6.08 Å². The molecule has 2 atom stereocenters. The fourth-order valence-electron chi connectivity index (χ4n) is 1.22. The van der Waals surface area contributed by atoms with E-state index in [1.165, 1.54) is 0 Å². The average Bonchev–Trinajstić information content (AvgIpc) is 2.48. The van der Waals surface area contributed by atoms with Crippen molar-refractivity contribution in [2.75, 3.05) is 13.2 Å². The predicted molar refractivity (Wildman–Crippen MR) is 44.0 cm³/mol. The summed E-state index contributed by atoms with van der Waals surface area (Å²) < 4.78 is 5.29. The van der Waals surface area contributed by atoms with E-state index >= 15 is 0 Å². The van der Waals surface area contributed by atoms with Gasteiger partial charge in [-0.1, -0.05) is 6.08 Å². The summed E-state index contributed by atoms with van der Waals surface area (Å²) in [6, 6.07) is -0.445. The van der Waals surface area contributed by atoms with Gasteiger partial charge in [0, 0.05) is 13.0 Å². The number of carboxylic acids is 1. The first-order valence-corrected chi connectivity index (χ1v) is 3.92. The molecule has 0 aromatic rings. The highest BCUT2D eigenvalue weighted by Gasteiger charge is 2.29. The van der Waals surface area contributed by atoms with Gasteiger partial charge in [-0.15, -0.1) is 6.58 Å². The van der Waals surface area contributed by atoms with E-state index in [1.807, 2.05) is 0 Å². The highest BCUT2D eigenvalue weighted by Crippen LogP contribution is 2.10. The van der Waals surface area contributed by atoms with Crippen LogP contribution >= 0.6 is 0 Å². The van der Waals surface area contributed by atoms with Crippen molar-refractivity contribution >= 4 is 5.97 Å². The molecule has 0 saturated carbocycles. The van der Waals surface area contributed by atoms with E-state index in [-0.39, 0.29) is 6.10 Å². The fourth-order valence-corrected chi connectivity index (χ4v) is 1.22. The maximum Gasteiger partial charge on any atom is 0.320 e. The molecule has 12 heavy (non-hydrogen) atoms. The van der Waals surface area contributed by atoms with E-state index in [0.29, 0.717) is 19.6 Å². The van der Waals surface area contributed by atoms with Crippen LogP contribution in [-0.2, 0) is 9.53 Å². The van der Waals surface area contributed by atoms with Gasteiger partial charge < -0.3 is 15.2 Å². The first-order chi connectivity index (χ1) is 5.74. The number of nitrogens with one attached hydrogen (secondary N) is 1. The molecule has 1 heterocycles. The summed E-state index contributed by atoms with van der Waals surface area (Å²) >= 11 is 0.